The van der Waals surface area contributed by atoms with Gasteiger partial charge in [-0.05, 0) is 48.0 Å². The van der Waals surface area contributed by atoms with Crippen molar-refractivity contribution in [1.29, 1.82) is 0 Å². The number of piperazine rings is 1. The van der Waals surface area contributed by atoms with Crippen molar-refractivity contribution in [1.82, 2.24) is 14.9 Å². The van der Waals surface area contributed by atoms with E-state index in [0.29, 0.717) is 6.67 Å². The Morgan fingerprint density at radius 3 is 2.88 bits per heavy atom. The molecule has 0 spiro atoms. The van der Waals surface area contributed by atoms with E-state index >= 15 is 0 Å². The first-order valence-electron chi connectivity index (χ1n) is 8.00. The highest BCUT2D eigenvalue weighted by Gasteiger charge is 2.29. The SMILES string of the molecule is CC1(C)CNCCN1c1ccc(NCn2cc(Br)ccc2=O)nc1. The summed E-state index contributed by atoms with van der Waals surface area (Å²) in [6.07, 6.45) is 3.64. The Labute approximate surface area is 150 Å². The summed E-state index contributed by atoms with van der Waals surface area (Å²) in [7, 11) is 0. The second-order valence-corrected chi connectivity index (χ2v) is 7.45. The highest BCUT2D eigenvalue weighted by atomic mass is 79.9. The number of pyridine rings is 2. The monoisotopic (exact) mass is 391 g/mol. The molecule has 6 nitrogen and oxygen atoms in total. The molecule has 0 aromatic carbocycles. The maximum absolute atomic E-state index is 11.8. The number of halogens is 1. The van der Waals surface area contributed by atoms with Crippen LogP contribution in [-0.2, 0) is 6.67 Å². The third-order valence-corrected chi connectivity index (χ3v) is 4.71. The fourth-order valence-electron chi connectivity index (χ4n) is 2.90. The Balaban J connectivity index is 1.68. The summed E-state index contributed by atoms with van der Waals surface area (Å²) in [6, 6.07) is 7.30. The lowest BCUT2D eigenvalue weighted by Gasteiger charge is -2.44. The molecular weight excluding hydrogens is 370 g/mol. The van der Waals surface area contributed by atoms with Gasteiger partial charge in [-0.2, -0.15) is 0 Å². The highest BCUT2D eigenvalue weighted by molar-refractivity contribution is 9.10. The number of nitrogens with zero attached hydrogens (tertiary/aromatic N) is 3. The second kappa shape index (κ2) is 6.94. The molecule has 0 aliphatic carbocycles. The smallest absolute Gasteiger partial charge is 0.252 e. The Morgan fingerprint density at radius 1 is 1.33 bits per heavy atom. The predicted octanol–water partition coefficient (Wildman–Crippen LogP) is 2.26. The molecule has 1 aliphatic rings. The van der Waals surface area contributed by atoms with Crippen molar-refractivity contribution in [2.24, 2.45) is 0 Å². The van der Waals surface area contributed by atoms with Gasteiger partial charge in [-0.15, -0.1) is 0 Å². The summed E-state index contributed by atoms with van der Waals surface area (Å²) in [5.74, 6) is 0.749. The van der Waals surface area contributed by atoms with Gasteiger partial charge < -0.3 is 15.5 Å². The van der Waals surface area contributed by atoms with Gasteiger partial charge >= 0.3 is 0 Å². The van der Waals surface area contributed by atoms with Crippen molar-refractivity contribution in [2.75, 3.05) is 29.9 Å². The van der Waals surface area contributed by atoms with Gasteiger partial charge in [-0.25, -0.2) is 4.98 Å². The van der Waals surface area contributed by atoms with Gasteiger partial charge in [0.2, 0.25) is 0 Å². The molecule has 0 atom stereocenters. The van der Waals surface area contributed by atoms with E-state index in [1.807, 2.05) is 12.3 Å². The van der Waals surface area contributed by atoms with Crippen molar-refractivity contribution < 1.29 is 0 Å². The van der Waals surface area contributed by atoms with Gasteiger partial charge in [-0.1, -0.05) is 0 Å². The number of anilines is 2. The van der Waals surface area contributed by atoms with Gasteiger partial charge in [0, 0.05) is 41.9 Å². The molecule has 128 valence electrons. The zero-order valence-corrected chi connectivity index (χ0v) is 15.5. The number of hydrogen-bond donors (Lipinski definition) is 2. The van der Waals surface area contributed by atoms with Gasteiger partial charge in [-0.3, -0.25) is 9.36 Å². The van der Waals surface area contributed by atoms with Gasteiger partial charge in [0.25, 0.3) is 5.56 Å². The molecule has 7 heteroatoms. The average molecular weight is 392 g/mol. The lowest BCUT2D eigenvalue weighted by Crippen LogP contribution is -2.58. The molecule has 2 aromatic rings. The maximum atomic E-state index is 11.8. The molecule has 0 radical (unpaired) electrons. The molecule has 0 bridgehead atoms. The molecule has 0 amide bonds. The van der Waals surface area contributed by atoms with Crippen LogP contribution in [0, 0.1) is 0 Å². The van der Waals surface area contributed by atoms with E-state index in [9.17, 15) is 4.79 Å². The van der Waals surface area contributed by atoms with E-state index < -0.39 is 0 Å². The zero-order chi connectivity index (χ0) is 17.2. The molecule has 0 unspecified atom stereocenters. The number of nitrogens with one attached hydrogen (secondary N) is 2. The largest absolute Gasteiger partial charge is 0.363 e. The Kier molecular flexibility index (Phi) is 4.91. The topological polar surface area (TPSA) is 62.2 Å². The van der Waals surface area contributed by atoms with Crippen LogP contribution < -0.4 is 21.1 Å². The summed E-state index contributed by atoms with van der Waals surface area (Å²) >= 11 is 3.37. The van der Waals surface area contributed by atoms with Gasteiger partial charge in [0.1, 0.15) is 5.82 Å². The van der Waals surface area contributed by atoms with Crippen molar-refractivity contribution in [3.63, 3.8) is 0 Å². The van der Waals surface area contributed by atoms with Crippen LogP contribution in [0.5, 0.6) is 0 Å². The molecule has 3 rings (SSSR count). The van der Waals surface area contributed by atoms with E-state index in [1.54, 1.807) is 16.8 Å². The normalized spacial score (nSPS) is 16.9. The van der Waals surface area contributed by atoms with E-state index in [1.165, 1.54) is 6.07 Å². The summed E-state index contributed by atoms with van der Waals surface area (Å²) in [5, 5.41) is 6.60. The summed E-state index contributed by atoms with van der Waals surface area (Å²) in [4.78, 5) is 18.7. The number of rotatable bonds is 4. The van der Waals surface area contributed by atoms with Crippen LogP contribution >= 0.6 is 15.9 Å². The van der Waals surface area contributed by atoms with Crippen molar-refractivity contribution in [2.45, 2.75) is 26.1 Å². The Hall–Kier alpha value is -1.86. The van der Waals surface area contributed by atoms with E-state index in [4.69, 9.17) is 0 Å². The molecule has 3 heterocycles. The minimum atomic E-state index is -0.0510. The first-order valence-corrected chi connectivity index (χ1v) is 8.79. The molecule has 1 aliphatic heterocycles. The summed E-state index contributed by atoms with van der Waals surface area (Å²) in [5.41, 5.74) is 1.13. The van der Waals surface area contributed by atoms with Crippen LogP contribution in [0.3, 0.4) is 0 Å². The van der Waals surface area contributed by atoms with Crippen LogP contribution in [0.25, 0.3) is 0 Å². The first-order chi connectivity index (χ1) is 11.5. The number of aromatic nitrogens is 2. The molecule has 1 saturated heterocycles. The molecular formula is C17H22BrN5O. The molecule has 24 heavy (non-hydrogen) atoms. The van der Waals surface area contributed by atoms with E-state index in [0.717, 1.165) is 35.6 Å². The van der Waals surface area contributed by atoms with Crippen molar-refractivity contribution in [3.8, 4) is 0 Å². The molecule has 0 saturated carbocycles. The Morgan fingerprint density at radius 2 is 2.17 bits per heavy atom. The van der Waals surface area contributed by atoms with E-state index in [2.05, 4.69) is 56.4 Å². The van der Waals surface area contributed by atoms with Crippen LogP contribution in [0.1, 0.15) is 13.8 Å². The van der Waals surface area contributed by atoms with Gasteiger partial charge in [0.15, 0.2) is 0 Å². The van der Waals surface area contributed by atoms with Crippen molar-refractivity contribution >= 4 is 27.4 Å². The second-order valence-electron chi connectivity index (χ2n) is 6.53. The number of hydrogen-bond acceptors (Lipinski definition) is 5. The van der Waals surface area contributed by atoms with Crippen LogP contribution in [0.4, 0.5) is 11.5 Å². The van der Waals surface area contributed by atoms with Crippen LogP contribution in [-0.4, -0.2) is 34.7 Å². The third-order valence-electron chi connectivity index (χ3n) is 4.24. The minimum absolute atomic E-state index is 0.0510. The molecule has 2 aromatic heterocycles. The average Bonchev–Trinajstić information content (AvgIpc) is 2.56. The van der Waals surface area contributed by atoms with E-state index in [-0.39, 0.29) is 11.1 Å². The first kappa shape index (κ1) is 17.0. The summed E-state index contributed by atoms with van der Waals surface area (Å²) in [6.45, 7) is 7.74. The zero-order valence-electron chi connectivity index (χ0n) is 13.9. The van der Waals surface area contributed by atoms with Crippen LogP contribution in [0.15, 0.2) is 45.9 Å². The quantitative estimate of drug-likeness (QED) is 0.836. The standard InChI is InChI=1S/C17H22BrN5O/c1-17(2)11-19-7-8-23(17)14-4-5-15(20-9-14)21-12-22-10-13(18)3-6-16(22)24/h3-6,9-10,19H,7-8,11-12H2,1-2H3,(H,20,21). The summed E-state index contributed by atoms with van der Waals surface area (Å²) < 4.78 is 2.46. The Bertz CT molecular complexity index is 756. The van der Waals surface area contributed by atoms with Crippen LogP contribution in [0.2, 0.25) is 0 Å². The third kappa shape index (κ3) is 3.79. The molecule has 1 fully saturated rings. The van der Waals surface area contributed by atoms with Crippen molar-refractivity contribution in [3.05, 3.63) is 51.5 Å². The molecule has 2 N–H and O–H groups in total. The lowest BCUT2D eigenvalue weighted by molar-refractivity contribution is 0.380. The van der Waals surface area contributed by atoms with Gasteiger partial charge in [0.05, 0.1) is 18.6 Å². The maximum Gasteiger partial charge on any atom is 0.252 e. The predicted molar refractivity (Wildman–Crippen MR) is 101 cm³/mol. The minimum Gasteiger partial charge on any atom is -0.363 e. The fraction of sp³-hybridized carbons (Fsp3) is 0.412. The highest BCUT2D eigenvalue weighted by Crippen LogP contribution is 2.25. The fourth-order valence-corrected chi connectivity index (χ4v) is 3.28. The lowest BCUT2D eigenvalue weighted by atomic mass is 9.99.